The Morgan fingerprint density at radius 2 is 2.10 bits per heavy atom. The summed E-state index contributed by atoms with van der Waals surface area (Å²) in [6.07, 6.45) is 2.69. The van der Waals surface area contributed by atoms with Crippen LogP contribution in [-0.2, 0) is 13.6 Å². The lowest BCUT2D eigenvalue weighted by Crippen LogP contribution is -2.24. The summed E-state index contributed by atoms with van der Waals surface area (Å²) in [5, 5.41) is 8.06. The number of pyridine rings is 2. The summed E-state index contributed by atoms with van der Waals surface area (Å²) >= 11 is 5.90. The van der Waals surface area contributed by atoms with Crippen LogP contribution >= 0.6 is 11.6 Å². The van der Waals surface area contributed by atoms with Crippen molar-refractivity contribution in [2.45, 2.75) is 32.7 Å². The van der Waals surface area contributed by atoms with Crippen LogP contribution in [-0.4, -0.2) is 26.4 Å². The fraction of sp³-hybridized carbons (Fsp3) is 0.364. The van der Waals surface area contributed by atoms with Crippen LogP contribution < -0.4 is 15.6 Å². The summed E-state index contributed by atoms with van der Waals surface area (Å²) in [6.45, 7) is 4.95. The predicted molar refractivity (Wildman–Crippen MR) is 116 cm³/mol. The molecule has 2 atom stereocenters. The van der Waals surface area contributed by atoms with Crippen LogP contribution in [0, 0.1) is 19.8 Å². The fourth-order valence-electron chi connectivity index (χ4n) is 3.46. The molecule has 1 fully saturated rings. The maximum Gasteiger partial charge on any atom is 0.290 e. The molecule has 156 valence electrons. The van der Waals surface area contributed by atoms with Crippen LogP contribution in [0.5, 0.6) is 5.88 Å². The molecule has 1 N–H and O–H groups in total. The van der Waals surface area contributed by atoms with E-state index in [-0.39, 0.29) is 5.56 Å². The van der Waals surface area contributed by atoms with E-state index in [1.807, 2.05) is 38.1 Å². The first kappa shape index (κ1) is 20.3. The molecule has 0 aromatic carbocycles. The van der Waals surface area contributed by atoms with E-state index in [9.17, 15) is 4.79 Å². The highest BCUT2D eigenvalue weighted by Crippen LogP contribution is 2.46. The fourth-order valence-corrected chi connectivity index (χ4v) is 3.58. The number of nitrogens with one attached hydrogen (secondary N) is 1. The summed E-state index contributed by atoms with van der Waals surface area (Å²) in [6, 6.07) is 9.47. The maximum atomic E-state index is 12.4. The van der Waals surface area contributed by atoms with Crippen molar-refractivity contribution in [3.63, 3.8) is 0 Å². The number of hydrogen-bond donors (Lipinski definition) is 1. The maximum absolute atomic E-state index is 12.4. The van der Waals surface area contributed by atoms with E-state index in [1.165, 1.54) is 4.68 Å². The largest absolute Gasteiger partial charge is 0.476 e. The average molecular weight is 426 g/mol. The van der Waals surface area contributed by atoms with E-state index in [2.05, 4.69) is 20.4 Å². The number of aryl methyl sites for hydroxylation is 3. The SMILES string of the molecule is Cc1ccc(CNc2cc(OCC3CC3c3ccc(Cl)cn3)nn(C)c2=O)c(C)n1. The third-order valence-corrected chi connectivity index (χ3v) is 5.57. The van der Waals surface area contributed by atoms with Crippen molar-refractivity contribution >= 4 is 17.3 Å². The quantitative estimate of drug-likeness (QED) is 0.622. The second-order valence-electron chi connectivity index (χ2n) is 7.69. The van der Waals surface area contributed by atoms with Gasteiger partial charge in [0.1, 0.15) is 5.69 Å². The van der Waals surface area contributed by atoms with Crippen LogP contribution in [0.25, 0.3) is 0 Å². The second-order valence-corrected chi connectivity index (χ2v) is 8.13. The number of halogens is 1. The topological polar surface area (TPSA) is 81.9 Å². The van der Waals surface area contributed by atoms with Crippen molar-refractivity contribution in [2.24, 2.45) is 13.0 Å². The first-order valence-corrected chi connectivity index (χ1v) is 10.3. The molecular weight excluding hydrogens is 402 g/mol. The second kappa shape index (κ2) is 8.44. The molecule has 1 aliphatic carbocycles. The normalized spacial score (nSPS) is 17.6. The Morgan fingerprint density at radius 3 is 2.83 bits per heavy atom. The summed E-state index contributed by atoms with van der Waals surface area (Å²) in [7, 11) is 1.62. The molecule has 0 radical (unpaired) electrons. The van der Waals surface area contributed by atoms with E-state index in [1.54, 1.807) is 19.3 Å². The van der Waals surface area contributed by atoms with Crippen LogP contribution in [0.15, 0.2) is 41.3 Å². The van der Waals surface area contributed by atoms with Crippen LogP contribution in [0.4, 0.5) is 5.69 Å². The van der Waals surface area contributed by atoms with Crippen LogP contribution in [0.3, 0.4) is 0 Å². The summed E-state index contributed by atoms with van der Waals surface area (Å²) in [5.41, 5.74) is 4.24. The van der Waals surface area contributed by atoms with Crippen molar-refractivity contribution < 1.29 is 4.74 Å². The summed E-state index contributed by atoms with van der Waals surface area (Å²) in [5.74, 6) is 1.19. The standard InChI is InChI=1S/C22H24ClN5O2/c1-13-4-5-15(14(2)26-13)10-24-20-9-21(27-28(3)22(20)29)30-12-16-8-18(16)19-7-6-17(23)11-25-19/h4-7,9,11,16,18,24H,8,10,12H2,1-3H3. The minimum Gasteiger partial charge on any atom is -0.476 e. The van der Waals surface area contributed by atoms with Gasteiger partial charge in [-0.15, -0.1) is 5.10 Å². The Morgan fingerprint density at radius 1 is 1.27 bits per heavy atom. The Balaban J connectivity index is 1.39. The third-order valence-electron chi connectivity index (χ3n) is 5.34. The number of aromatic nitrogens is 4. The van der Waals surface area contributed by atoms with Gasteiger partial charge in [0, 0.05) is 54.8 Å². The molecular formula is C22H24ClN5O2. The van der Waals surface area contributed by atoms with Crippen molar-refractivity contribution in [2.75, 3.05) is 11.9 Å². The molecule has 7 nitrogen and oxygen atoms in total. The summed E-state index contributed by atoms with van der Waals surface area (Å²) < 4.78 is 7.19. The van der Waals surface area contributed by atoms with Gasteiger partial charge in [-0.05, 0) is 44.0 Å². The van der Waals surface area contributed by atoms with Gasteiger partial charge in [-0.3, -0.25) is 14.8 Å². The van der Waals surface area contributed by atoms with Crippen LogP contribution in [0.2, 0.25) is 5.02 Å². The molecule has 0 spiro atoms. The molecule has 2 unspecified atom stereocenters. The number of nitrogens with zero attached hydrogens (tertiary/aromatic N) is 4. The average Bonchev–Trinajstić information content (AvgIpc) is 3.49. The molecule has 4 rings (SSSR count). The van der Waals surface area contributed by atoms with Crippen LogP contribution in [0.1, 0.15) is 35.0 Å². The Kier molecular flexibility index (Phi) is 5.72. The zero-order valence-electron chi connectivity index (χ0n) is 17.2. The number of hydrogen-bond acceptors (Lipinski definition) is 6. The third kappa shape index (κ3) is 4.62. The highest BCUT2D eigenvalue weighted by Gasteiger charge is 2.40. The van der Waals surface area contributed by atoms with Gasteiger partial charge >= 0.3 is 0 Å². The monoisotopic (exact) mass is 425 g/mol. The number of anilines is 1. The minimum atomic E-state index is -0.199. The molecule has 3 heterocycles. The summed E-state index contributed by atoms with van der Waals surface area (Å²) in [4.78, 5) is 21.3. The first-order valence-electron chi connectivity index (χ1n) is 9.90. The smallest absolute Gasteiger partial charge is 0.290 e. The van der Waals surface area contributed by atoms with Gasteiger partial charge < -0.3 is 10.1 Å². The molecule has 3 aromatic heterocycles. The molecule has 0 bridgehead atoms. The van der Waals surface area contributed by atoms with E-state index < -0.39 is 0 Å². The van der Waals surface area contributed by atoms with E-state index in [0.717, 1.165) is 29.1 Å². The minimum absolute atomic E-state index is 0.199. The Labute approximate surface area is 180 Å². The predicted octanol–water partition coefficient (Wildman–Crippen LogP) is 3.64. The van der Waals surface area contributed by atoms with Crippen molar-refractivity contribution in [1.29, 1.82) is 0 Å². The number of rotatable bonds is 7. The molecule has 8 heteroatoms. The van der Waals surface area contributed by atoms with Gasteiger partial charge in [-0.1, -0.05) is 17.7 Å². The van der Waals surface area contributed by atoms with Gasteiger partial charge in [-0.25, -0.2) is 4.68 Å². The van der Waals surface area contributed by atoms with Gasteiger partial charge in [0.2, 0.25) is 5.88 Å². The van der Waals surface area contributed by atoms with Crippen molar-refractivity contribution in [3.8, 4) is 5.88 Å². The lowest BCUT2D eigenvalue weighted by atomic mass is 10.2. The van der Waals surface area contributed by atoms with Crippen molar-refractivity contribution in [3.05, 3.63) is 74.6 Å². The molecule has 1 saturated carbocycles. The lowest BCUT2D eigenvalue weighted by Gasteiger charge is -2.12. The molecule has 1 aliphatic rings. The molecule has 30 heavy (non-hydrogen) atoms. The molecule has 3 aromatic rings. The zero-order chi connectivity index (χ0) is 21.3. The van der Waals surface area contributed by atoms with Gasteiger partial charge in [0.25, 0.3) is 5.56 Å². The van der Waals surface area contributed by atoms with Gasteiger partial charge in [-0.2, -0.15) is 0 Å². The Hall–Kier alpha value is -2.93. The number of ether oxygens (including phenoxy) is 1. The molecule has 0 saturated heterocycles. The van der Waals surface area contributed by atoms with E-state index in [4.69, 9.17) is 16.3 Å². The van der Waals surface area contributed by atoms with Gasteiger partial charge in [0.05, 0.1) is 11.6 Å². The van der Waals surface area contributed by atoms with E-state index >= 15 is 0 Å². The zero-order valence-corrected chi connectivity index (χ0v) is 18.0. The highest BCUT2D eigenvalue weighted by molar-refractivity contribution is 6.30. The highest BCUT2D eigenvalue weighted by atomic mass is 35.5. The molecule has 0 amide bonds. The van der Waals surface area contributed by atoms with Crippen molar-refractivity contribution in [1.82, 2.24) is 19.7 Å². The lowest BCUT2D eigenvalue weighted by molar-refractivity contribution is 0.278. The molecule has 0 aliphatic heterocycles. The first-order chi connectivity index (χ1) is 14.4. The van der Waals surface area contributed by atoms with Gasteiger partial charge in [0.15, 0.2) is 0 Å². The Bertz CT molecular complexity index is 1110. The van der Waals surface area contributed by atoms with E-state index in [0.29, 0.717) is 41.6 Å².